The van der Waals surface area contributed by atoms with Crippen LogP contribution in [-0.2, 0) is 11.3 Å². The van der Waals surface area contributed by atoms with Gasteiger partial charge < -0.3 is 10.2 Å². The van der Waals surface area contributed by atoms with Gasteiger partial charge in [-0.2, -0.15) is 5.10 Å². The van der Waals surface area contributed by atoms with E-state index in [1.165, 1.54) is 18.4 Å². The predicted octanol–water partition coefficient (Wildman–Crippen LogP) is 1.82. The van der Waals surface area contributed by atoms with Crippen LogP contribution < -0.4 is 5.32 Å². The molecular weight excluding hydrogens is 288 g/mol. The van der Waals surface area contributed by atoms with Crippen LogP contribution in [0.1, 0.15) is 37.7 Å². The number of amides is 1. The lowest BCUT2D eigenvalue weighted by Crippen LogP contribution is -2.41. The van der Waals surface area contributed by atoms with Crippen molar-refractivity contribution < 1.29 is 4.79 Å². The number of carbonyl (C=O) groups is 1. The van der Waals surface area contributed by atoms with Crippen molar-refractivity contribution in [2.75, 3.05) is 26.2 Å². The Morgan fingerprint density at radius 1 is 1.35 bits per heavy atom. The number of piperidine rings is 2. The number of carbonyl (C=O) groups excluding carboxylic acids is 1. The van der Waals surface area contributed by atoms with Gasteiger partial charge in [-0.05, 0) is 69.0 Å². The van der Waals surface area contributed by atoms with E-state index in [9.17, 15) is 4.79 Å². The van der Waals surface area contributed by atoms with Crippen LogP contribution in [0.15, 0.2) is 12.4 Å². The normalized spacial score (nSPS) is 27.3. The van der Waals surface area contributed by atoms with E-state index in [0.717, 1.165) is 52.0 Å². The summed E-state index contributed by atoms with van der Waals surface area (Å²) >= 11 is 0. The number of nitrogens with zero attached hydrogens (tertiary/aromatic N) is 3. The second-order valence-electron chi connectivity index (χ2n) is 7.88. The van der Waals surface area contributed by atoms with E-state index in [1.54, 1.807) is 0 Å². The smallest absolute Gasteiger partial charge is 0.226 e. The molecule has 4 rings (SSSR count). The topological polar surface area (TPSA) is 50.2 Å². The molecule has 2 aliphatic heterocycles. The van der Waals surface area contributed by atoms with Gasteiger partial charge in [-0.3, -0.25) is 9.48 Å². The van der Waals surface area contributed by atoms with Gasteiger partial charge in [0.15, 0.2) is 0 Å². The fourth-order valence-electron chi connectivity index (χ4n) is 4.56. The maximum absolute atomic E-state index is 12.8. The number of aryl methyl sites for hydroxylation is 1. The summed E-state index contributed by atoms with van der Waals surface area (Å²) in [6.45, 7) is 7.14. The Kier molecular flexibility index (Phi) is 3.92. The summed E-state index contributed by atoms with van der Waals surface area (Å²) in [6.07, 6.45) is 9.79. The molecule has 2 saturated heterocycles. The van der Waals surface area contributed by atoms with E-state index in [1.807, 2.05) is 6.20 Å². The lowest BCUT2D eigenvalue weighted by molar-refractivity contribution is -0.135. The van der Waals surface area contributed by atoms with E-state index >= 15 is 0 Å². The Morgan fingerprint density at radius 3 is 2.74 bits per heavy atom. The second kappa shape index (κ2) is 5.93. The molecule has 1 aliphatic carbocycles. The number of likely N-dealkylation sites (tertiary alicyclic amines) is 1. The lowest BCUT2D eigenvalue weighted by Gasteiger charge is -2.33. The molecule has 23 heavy (non-hydrogen) atoms. The van der Waals surface area contributed by atoms with Gasteiger partial charge in [0.25, 0.3) is 0 Å². The standard InChI is InChI=1S/C18H28N4O/c1-14-11-20-22(12-14)13-15-2-8-21(9-3-15)17(23)16-10-18(16)4-6-19-7-5-18/h11-12,15-16,19H,2-10,13H2,1H3. The van der Waals surface area contributed by atoms with Crippen LogP contribution in [0, 0.1) is 24.2 Å². The van der Waals surface area contributed by atoms with Gasteiger partial charge in [0, 0.05) is 31.7 Å². The van der Waals surface area contributed by atoms with E-state index < -0.39 is 0 Å². The molecule has 1 N–H and O–H groups in total. The minimum Gasteiger partial charge on any atom is -0.342 e. The molecule has 1 spiro atoms. The second-order valence-corrected chi connectivity index (χ2v) is 7.88. The first-order chi connectivity index (χ1) is 11.2. The van der Waals surface area contributed by atoms with Gasteiger partial charge in [-0.15, -0.1) is 0 Å². The summed E-state index contributed by atoms with van der Waals surface area (Å²) in [5.41, 5.74) is 1.59. The van der Waals surface area contributed by atoms with E-state index in [4.69, 9.17) is 0 Å². The fraction of sp³-hybridized carbons (Fsp3) is 0.778. The molecule has 1 unspecified atom stereocenters. The average molecular weight is 316 g/mol. The Morgan fingerprint density at radius 2 is 2.09 bits per heavy atom. The highest BCUT2D eigenvalue weighted by Crippen LogP contribution is 2.59. The highest BCUT2D eigenvalue weighted by Gasteiger charge is 2.58. The van der Waals surface area contributed by atoms with Crippen molar-refractivity contribution in [2.45, 2.75) is 45.6 Å². The molecule has 3 heterocycles. The summed E-state index contributed by atoms with van der Waals surface area (Å²) in [6, 6.07) is 0. The van der Waals surface area contributed by atoms with E-state index in [2.05, 4.69) is 33.1 Å². The van der Waals surface area contributed by atoms with Gasteiger partial charge in [0.2, 0.25) is 5.91 Å². The fourth-order valence-corrected chi connectivity index (χ4v) is 4.56. The average Bonchev–Trinajstić information content (AvgIpc) is 3.09. The van der Waals surface area contributed by atoms with Gasteiger partial charge in [0.1, 0.15) is 0 Å². The highest BCUT2D eigenvalue weighted by atomic mass is 16.2. The molecule has 3 fully saturated rings. The first kappa shape index (κ1) is 15.2. The van der Waals surface area contributed by atoms with Crippen molar-refractivity contribution in [1.29, 1.82) is 0 Å². The molecule has 1 aromatic heterocycles. The van der Waals surface area contributed by atoms with Gasteiger partial charge >= 0.3 is 0 Å². The molecule has 5 heteroatoms. The van der Waals surface area contributed by atoms with Crippen molar-refractivity contribution in [3.8, 4) is 0 Å². The van der Waals surface area contributed by atoms with Crippen molar-refractivity contribution in [3.05, 3.63) is 18.0 Å². The zero-order valence-corrected chi connectivity index (χ0v) is 14.1. The maximum Gasteiger partial charge on any atom is 0.226 e. The van der Waals surface area contributed by atoms with Crippen molar-refractivity contribution in [1.82, 2.24) is 20.0 Å². The van der Waals surface area contributed by atoms with Crippen molar-refractivity contribution in [2.24, 2.45) is 17.3 Å². The van der Waals surface area contributed by atoms with Crippen LogP contribution in [-0.4, -0.2) is 46.8 Å². The SMILES string of the molecule is Cc1cnn(CC2CCN(C(=O)C3CC34CCNCC4)CC2)c1. The number of nitrogens with one attached hydrogen (secondary N) is 1. The highest BCUT2D eigenvalue weighted by molar-refractivity contribution is 5.82. The Balaban J connectivity index is 1.27. The van der Waals surface area contributed by atoms with E-state index in [-0.39, 0.29) is 0 Å². The molecule has 0 radical (unpaired) electrons. The van der Waals surface area contributed by atoms with Gasteiger partial charge in [-0.25, -0.2) is 0 Å². The monoisotopic (exact) mass is 316 g/mol. The Bertz CT molecular complexity index is 567. The third kappa shape index (κ3) is 3.03. The molecule has 1 saturated carbocycles. The summed E-state index contributed by atoms with van der Waals surface area (Å²) in [5.74, 6) is 1.43. The molecule has 5 nitrogen and oxygen atoms in total. The summed E-state index contributed by atoms with van der Waals surface area (Å²) in [7, 11) is 0. The third-order valence-corrected chi connectivity index (χ3v) is 6.22. The third-order valence-electron chi connectivity index (χ3n) is 6.22. The van der Waals surface area contributed by atoms with Crippen molar-refractivity contribution in [3.63, 3.8) is 0 Å². The minimum absolute atomic E-state index is 0.329. The molecule has 1 atom stereocenters. The van der Waals surface area contributed by atoms with Crippen LogP contribution in [0.4, 0.5) is 0 Å². The molecule has 0 bridgehead atoms. The molecule has 3 aliphatic rings. The van der Waals surface area contributed by atoms with Crippen molar-refractivity contribution >= 4 is 5.91 Å². The predicted molar refractivity (Wildman–Crippen MR) is 88.9 cm³/mol. The number of rotatable bonds is 3. The summed E-state index contributed by atoms with van der Waals surface area (Å²) in [5, 5.41) is 7.81. The molecule has 1 aromatic rings. The zero-order valence-electron chi connectivity index (χ0n) is 14.1. The minimum atomic E-state index is 0.329. The quantitative estimate of drug-likeness (QED) is 0.925. The van der Waals surface area contributed by atoms with Crippen LogP contribution in [0.2, 0.25) is 0 Å². The number of hydrogen-bond acceptors (Lipinski definition) is 3. The van der Waals surface area contributed by atoms with Crippen LogP contribution in [0.25, 0.3) is 0 Å². The van der Waals surface area contributed by atoms with E-state index in [0.29, 0.717) is 23.2 Å². The Hall–Kier alpha value is -1.36. The summed E-state index contributed by atoms with van der Waals surface area (Å²) in [4.78, 5) is 14.9. The largest absolute Gasteiger partial charge is 0.342 e. The number of hydrogen-bond donors (Lipinski definition) is 1. The molecule has 0 aromatic carbocycles. The first-order valence-corrected chi connectivity index (χ1v) is 9.15. The maximum atomic E-state index is 12.8. The van der Waals surface area contributed by atoms with Gasteiger partial charge in [-0.1, -0.05) is 0 Å². The Labute approximate surface area is 138 Å². The van der Waals surface area contributed by atoms with Gasteiger partial charge in [0.05, 0.1) is 6.20 Å². The first-order valence-electron chi connectivity index (χ1n) is 9.15. The summed E-state index contributed by atoms with van der Waals surface area (Å²) < 4.78 is 2.06. The lowest BCUT2D eigenvalue weighted by atomic mass is 9.91. The van der Waals surface area contributed by atoms with Crippen LogP contribution >= 0.6 is 0 Å². The molecule has 1 amide bonds. The zero-order chi connectivity index (χ0) is 15.9. The van der Waals surface area contributed by atoms with Crippen LogP contribution in [0.3, 0.4) is 0 Å². The van der Waals surface area contributed by atoms with Crippen LogP contribution in [0.5, 0.6) is 0 Å². The molecule has 126 valence electrons. The number of aromatic nitrogens is 2. The molecular formula is C18H28N4O.